The molecule has 1 fully saturated rings. The van der Waals surface area contributed by atoms with Crippen LogP contribution >= 0.6 is 11.8 Å². The number of carbonyl (C=O) groups is 2. The highest BCUT2D eigenvalue weighted by atomic mass is 32.2. The number of carbonyl (C=O) groups excluding carboxylic acids is 2. The van der Waals surface area contributed by atoms with Crippen molar-refractivity contribution in [1.29, 1.82) is 0 Å². The van der Waals surface area contributed by atoms with Gasteiger partial charge in [-0.3, -0.25) is 14.5 Å². The minimum absolute atomic E-state index is 0.0526. The molecule has 7 rings (SSSR count). The summed E-state index contributed by atoms with van der Waals surface area (Å²) >= 11 is 1.45. The number of fused-ring (bicyclic) bond motifs is 3. The highest BCUT2D eigenvalue weighted by molar-refractivity contribution is 8.03. The number of allylic oxidation sites excluding steroid dienone is 6. The summed E-state index contributed by atoms with van der Waals surface area (Å²) in [6.45, 7) is 0. The molecule has 0 radical (unpaired) electrons. The number of thioether (sulfide) groups is 1. The van der Waals surface area contributed by atoms with Crippen molar-refractivity contribution in [3.63, 3.8) is 0 Å². The molecule has 2 aliphatic heterocycles. The Balaban J connectivity index is 1.26. The highest BCUT2D eigenvalue weighted by Gasteiger charge is 2.46. The smallest absolute Gasteiger partial charge is 0.180 e. The normalized spacial score (nSPS) is 23.1. The van der Waals surface area contributed by atoms with Crippen LogP contribution in [0.25, 0.3) is 0 Å². The van der Waals surface area contributed by atoms with E-state index in [4.69, 9.17) is 4.98 Å². The van der Waals surface area contributed by atoms with Crippen LogP contribution in [0.4, 0.5) is 28.6 Å². The van der Waals surface area contributed by atoms with E-state index in [0.717, 1.165) is 39.8 Å². The van der Waals surface area contributed by atoms with E-state index in [2.05, 4.69) is 46.2 Å². The zero-order chi connectivity index (χ0) is 24.2. The summed E-state index contributed by atoms with van der Waals surface area (Å²) < 4.78 is 0. The molecule has 6 heteroatoms. The van der Waals surface area contributed by atoms with Gasteiger partial charge in [-0.15, -0.1) is 11.8 Å². The lowest BCUT2D eigenvalue weighted by molar-refractivity contribution is -0.117. The molecular formula is C30H21N3O2S. The van der Waals surface area contributed by atoms with E-state index in [9.17, 15) is 9.59 Å². The van der Waals surface area contributed by atoms with E-state index < -0.39 is 0 Å². The quantitative estimate of drug-likeness (QED) is 0.309. The molecule has 174 valence electrons. The van der Waals surface area contributed by atoms with Crippen LogP contribution in [0.15, 0.2) is 119 Å². The van der Waals surface area contributed by atoms with E-state index in [1.54, 1.807) is 6.08 Å². The van der Waals surface area contributed by atoms with Crippen LogP contribution in [0, 0.1) is 5.92 Å². The second-order valence-corrected chi connectivity index (χ2v) is 10.2. The van der Waals surface area contributed by atoms with Crippen LogP contribution in [-0.4, -0.2) is 21.8 Å². The number of para-hydroxylation sites is 3. The first kappa shape index (κ1) is 21.1. The summed E-state index contributed by atoms with van der Waals surface area (Å²) in [6, 6.07) is 22.7. The number of benzene rings is 2. The molecule has 0 saturated heterocycles. The number of aromatic nitrogens is 1. The summed E-state index contributed by atoms with van der Waals surface area (Å²) in [7, 11) is 0. The Hall–Kier alpha value is -4.16. The first-order valence-corrected chi connectivity index (χ1v) is 12.9. The maximum absolute atomic E-state index is 12.8. The fourth-order valence-corrected chi connectivity index (χ4v) is 6.45. The molecule has 2 atom stereocenters. The fourth-order valence-electron chi connectivity index (χ4n) is 5.38. The topological polar surface area (TPSA) is 53.5 Å². The van der Waals surface area contributed by atoms with Crippen molar-refractivity contribution in [3.8, 4) is 0 Å². The van der Waals surface area contributed by atoms with Gasteiger partial charge in [0.05, 0.1) is 33.8 Å². The van der Waals surface area contributed by atoms with Gasteiger partial charge in [-0.1, -0.05) is 42.5 Å². The Morgan fingerprint density at radius 2 is 1.58 bits per heavy atom. The summed E-state index contributed by atoms with van der Waals surface area (Å²) in [5.41, 5.74) is 6.49. The average molecular weight is 488 g/mol. The van der Waals surface area contributed by atoms with Gasteiger partial charge in [-0.2, -0.15) is 0 Å². The maximum Gasteiger partial charge on any atom is 0.180 e. The molecule has 3 heterocycles. The van der Waals surface area contributed by atoms with Crippen molar-refractivity contribution in [2.45, 2.75) is 11.7 Å². The van der Waals surface area contributed by atoms with Crippen molar-refractivity contribution >= 4 is 51.9 Å². The molecule has 0 N–H and O–H groups in total. The molecule has 5 nitrogen and oxygen atoms in total. The second-order valence-electron chi connectivity index (χ2n) is 9.12. The molecule has 36 heavy (non-hydrogen) atoms. The fraction of sp³-hybridized carbons (Fsp3) is 0.100. The van der Waals surface area contributed by atoms with Crippen LogP contribution in [0.1, 0.15) is 6.42 Å². The predicted octanol–water partition coefficient (Wildman–Crippen LogP) is 6.54. The number of anilines is 5. The number of Topliss-reactive ketones (excluding diaryl/α,β-unsaturated/α-hetero) is 2. The minimum atomic E-state index is -0.308. The molecule has 3 aromatic rings. The summed E-state index contributed by atoms with van der Waals surface area (Å²) in [5.74, 6) is 0.424. The van der Waals surface area contributed by atoms with E-state index >= 15 is 0 Å². The Morgan fingerprint density at radius 1 is 0.833 bits per heavy atom. The van der Waals surface area contributed by atoms with Crippen LogP contribution in [-0.2, 0) is 9.59 Å². The zero-order valence-corrected chi connectivity index (χ0v) is 20.1. The first-order valence-electron chi connectivity index (χ1n) is 11.9. The standard InChI is InChI=1S/C30H21N3O2S/c34-27-22-14-16-36-29(22)28(35)23(27)18-19-12-13-21(17-19)33-25-10-5-4-9-24(25)32(20-7-2-1-3-8-20)26-11-6-15-31-30(26)33/h1-16,18,22,29H,17H2/b23-18+. The molecule has 0 spiro atoms. The minimum Gasteiger partial charge on any atom is -0.305 e. The van der Waals surface area contributed by atoms with Gasteiger partial charge in [0.1, 0.15) is 0 Å². The number of rotatable bonds is 3. The maximum atomic E-state index is 12.8. The largest absolute Gasteiger partial charge is 0.305 e. The average Bonchev–Trinajstić information content (AvgIpc) is 3.64. The van der Waals surface area contributed by atoms with Crippen LogP contribution in [0.5, 0.6) is 0 Å². The van der Waals surface area contributed by atoms with Crippen LogP contribution in [0.2, 0.25) is 0 Å². The Labute approximate surface area is 213 Å². The molecular weight excluding hydrogens is 466 g/mol. The third kappa shape index (κ3) is 3.14. The van der Waals surface area contributed by atoms with Crippen molar-refractivity contribution in [1.82, 2.24) is 4.98 Å². The van der Waals surface area contributed by atoms with Gasteiger partial charge in [-0.05, 0) is 59.5 Å². The van der Waals surface area contributed by atoms with Gasteiger partial charge in [0.15, 0.2) is 17.4 Å². The lowest BCUT2D eigenvalue weighted by atomic mass is 10.0. The van der Waals surface area contributed by atoms with Crippen LogP contribution < -0.4 is 9.80 Å². The molecule has 2 aromatic carbocycles. The lowest BCUT2D eigenvalue weighted by Gasteiger charge is -2.39. The molecule has 2 aliphatic carbocycles. The number of pyridine rings is 1. The van der Waals surface area contributed by atoms with Gasteiger partial charge < -0.3 is 4.90 Å². The number of hydrogen-bond acceptors (Lipinski definition) is 6. The third-order valence-electron chi connectivity index (χ3n) is 7.02. The second kappa shape index (κ2) is 8.21. The van der Waals surface area contributed by atoms with E-state index in [-0.39, 0.29) is 22.7 Å². The van der Waals surface area contributed by atoms with Crippen molar-refractivity contribution in [3.05, 3.63) is 119 Å². The zero-order valence-electron chi connectivity index (χ0n) is 19.2. The highest BCUT2D eigenvalue weighted by Crippen LogP contribution is 2.52. The Morgan fingerprint density at radius 3 is 2.39 bits per heavy atom. The number of hydrogen-bond donors (Lipinski definition) is 0. The molecule has 1 saturated carbocycles. The summed E-state index contributed by atoms with van der Waals surface area (Å²) in [4.78, 5) is 34.9. The third-order valence-corrected chi connectivity index (χ3v) is 8.13. The van der Waals surface area contributed by atoms with Gasteiger partial charge >= 0.3 is 0 Å². The molecule has 0 bridgehead atoms. The van der Waals surface area contributed by atoms with Crippen molar-refractivity contribution in [2.75, 3.05) is 9.80 Å². The molecule has 4 aliphatic rings. The molecule has 0 amide bonds. The number of ketones is 2. The summed E-state index contributed by atoms with van der Waals surface area (Å²) in [5, 5.41) is 1.58. The van der Waals surface area contributed by atoms with E-state index in [0.29, 0.717) is 12.0 Å². The van der Waals surface area contributed by atoms with Crippen molar-refractivity contribution in [2.24, 2.45) is 5.92 Å². The SMILES string of the molecule is O=C1/C(=C\C2=CC=C(N3c4ccccc4N(c4ccccc4)c4cccnc43)C2)C(=O)C2SC=CC12. The van der Waals surface area contributed by atoms with Crippen LogP contribution in [0.3, 0.4) is 0 Å². The molecule has 2 unspecified atom stereocenters. The van der Waals surface area contributed by atoms with Gasteiger partial charge in [0, 0.05) is 24.0 Å². The van der Waals surface area contributed by atoms with Gasteiger partial charge in [-0.25, -0.2) is 4.98 Å². The lowest BCUT2D eigenvalue weighted by Crippen LogP contribution is -2.27. The molecule has 1 aromatic heterocycles. The van der Waals surface area contributed by atoms with Crippen molar-refractivity contribution < 1.29 is 9.59 Å². The Bertz CT molecular complexity index is 1510. The first-order chi connectivity index (χ1) is 17.7. The monoisotopic (exact) mass is 487 g/mol. The summed E-state index contributed by atoms with van der Waals surface area (Å²) in [6.07, 6.45) is 10.2. The van der Waals surface area contributed by atoms with E-state index in [1.165, 1.54) is 11.8 Å². The van der Waals surface area contributed by atoms with E-state index in [1.807, 2.05) is 60.2 Å². The predicted molar refractivity (Wildman–Crippen MR) is 144 cm³/mol. The van der Waals surface area contributed by atoms with Gasteiger partial charge in [0.25, 0.3) is 0 Å². The Kier molecular flexibility index (Phi) is 4.82. The van der Waals surface area contributed by atoms with Gasteiger partial charge in [0.2, 0.25) is 0 Å². The number of nitrogens with zero attached hydrogens (tertiary/aromatic N) is 3.